The number of nitrogens with one attached hydrogen (secondary N) is 1. The van der Waals surface area contributed by atoms with E-state index in [2.05, 4.69) is 12.0 Å². The third kappa shape index (κ3) is 3.18. The zero-order valence-corrected chi connectivity index (χ0v) is 16.3. The van der Waals surface area contributed by atoms with Gasteiger partial charge in [-0.05, 0) is 55.2 Å². The minimum atomic E-state index is -3.56. The Hall–Kier alpha value is -2.71. The summed E-state index contributed by atoms with van der Waals surface area (Å²) in [6, 6.07) is 12.6. The average Bonchev–Trinajstić information content (AvgIpc) is 2.71. The second-order valence-electron chi connectivity index (χ2n) is 7.21. The van der Waals surface area contributed by atoms with Crippen molar-refractivity contribution in [1.82, 2.24) is 14.1 Å². The molecular weight excluding hydrogens is 378 g/mol. The molecule has 2 heterocycles. The van der Waals surface area contributed by atoms with E-state index in [0.717, 1.165) is 17.5 Å². The van der Waals surface area contributed by atoms with Crippen LogP contribution < -0.4 is 11.1 Å². The maximum Gasteiger partial charge on any atom is 0.277 e. The number of rotatable bonds is 3. The molecule has 4 rings (SSSR count). The molecule has 146 valence electrons. The predicted molar refractivity (Wildman–Crippen MR) is 107 cm³/mol. The summed E-state index contributed by atoms with van der Waals surface area (Å²) in [6.07, 6.45) is 1.70. The second kappa shape index (κ2) is 7.03. The molecule has 0 saturated carbocycles. The fourth-order valence-corrected chi connectivity index (χ4v) is 4.99. The maximum absolute atomic E-state index is 12.8. The number of fused-ring (bicyclic) bond motifs is 1. The summed E-state index contributed by atoms with van der Waals surface area (Å²) < 4.78 is 28.3. The molecule has 1 aliphatic rings. The van der Waals surface area contributed by atoms with E-state index in [4.69, 9.17) is 0 Å². The van der Waals surface area contributed by atoms with Crippen molar-refractivity contribution in [1.29, 1.82) is 0 Å². The SMILES string of the molecule is CC1CCN(S(=O)(=O)c2ccc(-n3[nH]c(=O)c4ccccc4c3=O)cc2)CC1. The Balaban J connectivity index is 1.71. The van der Waals surface area contributed by atoms with Crippen LogP contribution in [-0.2, 0) is 10.0 Å². The van der Waals surface area contributed by atoms with E-state index in [-0.39, 0.29) is 16.0 Å². The summed E-state index contributed by atoms with van der Waals surface area (Å²) in [4.78, 5) is 25.2. The van der Waals surface area contributed by atoms with E-state index in [1.54, 1.807) is 24.3 Å². The Morgan fingerprint density at radius 2 is 1.54 bits per heavy atom. The number of sulfonamides is 1. The topological polar surface area (TPSA) is 92.2 Å². The molecule has 2 aromatic carbocycles. The van der Waals surface area contributed by atoms with Gasteiger partial charge in [-0.3, -0.25) is 14.7 Å². The number of nitrogens with zero attached hydrogens (tertiary/aromatic N) is 2. The van der Waals surface area contributed by atoms with Gasteiger partial charge in [-0.15, -0.1) is 0 Å². The summed E-state index contributed by atoms with van der Waals surface area (Å²) in [5.74, 6) is 0.533. The molecule has 0 amide bonds. The minimum Gasteiger partial charge on any atom is -0.267 e. The van der Waals surface area contributed by atoms with E-state index in [1.165, 1.54) is 28.6 Å². The third-order valence-electron chi connectivity index (χ3n) is 5.29. The lowest BCUT2D eigenvalue weighted by Gasteiger charge is -2.29. The van der Waals surface area contributed by atoms with Crippen LogP contribution >= 0.6 is 0 Å². The number of hydrogen-bond acceptors (Lipinski definition) is 4. The number of aromatic amines is 1. The number of H-pyrrole nitrogens is 1. The van der Waals surface area contributed by atoms with E-state index < -0.39 is 10.0 Å². The van der Waals surface area contributed by atoms with Crippen molar-refractivity contribution in [3.63, 3.8) is 0 Å². The van der Waals surface area contributed by atoms with Gasteiger partial charge in [-0.1, -0.05) is 19.1 Å². The Bertz CT molecular complexity index is 1230. The van der Waals surface area contributed by atoms with Gasteiger partial charge in [0.05, 0.1) is 21.4 Å². The normalized spacial score (nSPS) is 16.5. The van der Waals surface area contributed by atoms with Crippen LogP contribution in [0.25, 0.3) is 16.5 Å². The molecule has 8 heteroatoms. The van der Waals surface area contributed by atoms with Crippen LogP contribution in [0.5, 0.6) is 0 Å². The highest BCUT2D eigenvalue weighted by molar-refractivity contribution is 7.89. The van der Waals surface area contributed by atoms with Crippen LogP contribution in [0.2, 0.25) is 0 Å². The van der Waals surface area contributed by atoms with Crippen molar-refractivity contribution >= 4 is 20.8 Å². The number of hydrogen-bond donors (Lipinski definition) is 1. The first-order valence-electron chi connectivity index (χ1n) is 9.22. The molecule has 0 atom stereocenters. The molecule has 7 nitrogen and oxygen atoms in total. The quantitative estimate of drug-likeness (QED) is 0.730. The highest BCUT2D eigenvalue weighted by atomic mass is 32.2. The van der Waals surface area contributed by atoms with E-state index in [0.29, 0.717) is 35.5 Å². The van der Waals surface area contributed by atoms with E-state index in [9.17, 15) is 18.0 Å². The van der Waals surface area contributed by atoms with Gasteiger partial charge in [0.15, 0.2) is 0 Å². The lowest BCUT2D eigenvalue weighted by Crippen LogP contribution is -2.37. The highest BCUT2D eigenvalue weighted by Gasteiger charge is 2.28. The molecule has 1 fully saturated rings. The van der Waals surface area contributed by atoms with Crippen LogP contribution in [0, 0.1) is 5.92 Å². The van der Waals surface area contributed by atoms with Crippen LogP contribution in [0.3, 0.4) is 0 Å². The Morgan fingerprint density at radius 1 is 0.929 bits per heavy atom. The summed E-state index contributed by atoms with van der Waals surface area (Å²) in [5, 5.41) is 3.18. The molecule has 3 aromatic rings. The Morgan fingerprint density at radius 3 is 2.18 bits per heavy atom. The lowest BCUT2D eigenvalue weighted by atomic mass is 10.0. The van der Waals surface area contributed by atoms with Crippen molar-refractivity contribution in [2.75, 3.05) is 13.1 Å². The molecule has 1 aliphatic heterocycles. The van der Waals surface area contributed by atoms with Crippen LogP contribution in [0.1, 0.15) is 19.8 Å². The third-order valence-corrected chi connectivity index (χ3v) is 7.21. The molecular formula is C20H21N3O4S. The smallest absolute Gasteiger partial charge is 0.267 e. The summed E-state index contributed by atoms with van der Waals surface area (Å²) in [5.41, 5.74) is -0.343. The zero-order chi connectivity index (χ0) is 19.9. The maximum atomic E-state index is 12.8. The van der Waals surface area contributed by atoms with Gasteiger partial charge < -0.3 is 0 Å². The summed E-state index contributed by atoms with van der Waals surface area (Å²) >= 11 is 0. The molecule has 1 aromatic heterocycles. The van der Waals surface area contributed by atoms with Crippen molar-refractivity contribution in [3.8, 4) is 5.69 Å². The average molecular weight is 399 g/mol. The Kier molecular flexibility index (Phi) is 4.68. The van der Waals surface area contributed by atoms with Crippen molar-refractivity contribution in [2.45, 2.75) is 24.7 Å². The standard InChI is InChI=1S/C20H21N3O4S/c1-14-10-12-22(13-11-14)28(26,27)16-8-6-15(7-9-16)23-20(25)18-5-3-2-4-17(18)19(24)21-23/h2-9,14H,10-13H2,1H3,(H,21,24). The fraction of sp³-hybridized carbons (Fsp3) is 0.300. The van der Waals surface area contributed by atoms with Gasteiger partial charge in [0.25, 0.3) is 11.1 Å². The van der Waals surface area contributed by atoms with Crippen LogP contribution in [0.15, 0.2) is 63.0 Å². The molecule has 0 aliphatic carbocycles. The number of aromatic nitrogens is 2. The predicted octanol–water partition coefficient (Wildman–Crippen LogP) is 2.10. The first-order chi connectivity index (χ1) is 13.4. The highest BCUT2D eigenvalue weighted by Crippen LogP contribution is 2.24. The summed E-state index contributed by atoms with van der Waals surface area (Å²) in [7, 11) is -3.56. The van der Waals surface area contributed by atoms with Crippen molar-refractivity contribution < 1.29 is 8.42 Å². The molecule has 0 spiro atoms. The van der Waals surface area contributed by atoms with Gasteiger partial charge in [0.2, 0.25) is 10.0 Å². The Labute approximate surface area is 162 Å². The van der Waals surface area contributed by atoms with Gasteiger partial charge in [-0.25, -0.2) is 13.1 Å². The first kappa shape index (κ1) is 18.6. The second-order valence-corrected chi connectivity index (χ2v) is 9.15. The van der Waals surface area contributed by atoms with Crippen LogP contribution in [-0.4, -0.2) is 35.6 Å². The van der Waals surface area contributed by atoms with Gasteiger partial charge in [0, 0.05) is 13.1 Å². The molecule has 0 bridgehead atoms. The van der Waals surface area contributed by atoms with Gasteiger partial charge in [0.1, 0.15) is 0 Å². The van der Waals surface area contributed by atoms with Crippen LogP contribution in [0.4, 0.5) is 0 Å². The first-order valence-corrected chi connectivity index (χ1v) is 10.7. The summed E-state index contributed by atoms with van der Waals surface area (Å²) in [6.45, 7) is 3.16. The van der Waals surface area contributed by atoms with Gasteiger partial charge >= 0.3 is 0 Å². The minimum absolute atomic E-state index is 0.182. The largest absolute Gasteiger partial charge is 0.277 e. The van der Waals surface area contributed by atoms with E-state index >= 15 is 0 Å². The monoisotopic (exact) mass is 399 g/mol. The fourth-order valence-electron chi connectivity index (χ4n) is 3.52. The molecule has 1 saturated heterocycles. The number of benzene rings is 2. The molecule has 28 heavy (non-hydrogen) atoms. The van der Waals surface area contributed by atoms with Crippen molar-refractivity contribution in [3.05, 3.63) is 69.2 Å². The van der Waals surface area contributed by atoms with Crippen molar-refractivity contribution in [2.24, 2.45) is 5.92 Å². The van der Waals surface area contributed by atoms with Gasteiger partial charge in [-0.2, -0.15) is 4.31 Å². The number of piperidine rings is 1. The molecule has 0 radical (unpaired) electrons. The molecule has 0 unspecified atom stereocenters. The molecule has 1 N–H and O–H groups in total. The zero-order valence-electron chi connectivity index (χ0n) is 15.5. The van der Waals surface area contributed by atoms with E-state index in [1.807, 2.05) is 0 Å². The lowest BCUT2D eigenvalue weighted by molar-refractivity contribution is 0.288.